The molecular formula is C24H26F2N2O3. The van der Waals surface area contributed by atoms with E-state index in [1.54, 1.807) is 0 Å². The first-order valence-corrected chi connectivity index (χ1v) is 10.2. The summed E-state index contributed by atoms with van der Waals surface area (Å²) in [5.41, 5.74) is 2.94. The average molecular weight is 428 g/mol. The van der Waals surface area contributed by atoms with E-state index in [1.807, 2.05) is 12.1 Å². The lowest BCUT2D eigenvalue weighted by Gasteiger charge is -2.25. The maximum Gasteiger partial charge on any atom is 0.254 e. The molecule has 2 aromatic carbocycles. The largest absolute Gasteiger partial charge is 0.472 e. The zero-order valence-electron chi connectivity index (χ0n) is 17.3. The molecular weight excluding hydrogens is 402 g/mol. The summed E-state index contributed by atoms with van der Waals surface area (Å²) in [5, 5.41) is 16.7. The van der Waals surface area contributed by atoms with Gasteiger partial charge in [-0.1, -0.05) is 31.2 Å². The van der Waals surface area contributed by atoms with Crippen LogP contribution in [0.1, 0.15) is 34.0 Å². The lowest BCUT2D eigenvalue weighted by Crippen LogP contribution is -2.48. The van der Waals surface area contributed by atoms with Crippen LogP contribution in [0, 0.1) is 11.6 Å². The van der Waals surface area contributed by atoms with Crippen LogP contribution in [0.25, 0.3) is 0 Å². The van der Waals surface area contributed by atoms with Crippen LogP contribution in [0.5, 0.6) is 0 Å². The Morgan fingerprint density at radius 2 is 1.81 bits per heavy atom. The first-order chi connectivity index (χ1) is 14.9. The van der Waals surface area contributed by atoms with Crippen molar-refractivity contribution in [2.45, 2.75) is 38.5 Å². The number of carbonyl (C=O) groups is 1. The van der Waals surface area contributed by atoms with E-state index in [0.717, 1.165) is 18.1 Å². The van der Waals surface area contributed by atoms with Gasteiger partial charge >= 0.3 is 0 Å². The molecule has 31 heavy (non-hydrogen) atoms. The number of rotatable bonds is 10. The molecule has 7 heteroatoms. The van der Waals surface area contributed by atoms with E-state index in [0.29, 0.717) is 17.7 Å². The molecule has 0 saturated heterocycles. The molecule has 0 bridgehead atoms. The minimum absolute atomic E-state index is 0.0619. The third-order valence-corrected chi connectivity index (χ3v) is 5.02. The minimum atomic E-state index is -0.989. The van der Waals surface area contributed by atoms with E-state index >= 15 is 0 Å². The molecule has 2 atom stereocenters. The van der Waals surface area contributed by atoms with E-state index in [-0.39, 0.29) is 13.0 Å². The Kier molecular flexibility index (Phi) is 7.92. The van der Waals surface area contributed by atoms with E-state index in [4.69, 9.17) is 4.42 Å². The van der Waals surface area contributed by atoms with Crippen LogP contribution in [-0.2, 0) is 19.4 Å². The molecule has 0 aliphatic heterocycles. The molecule has 0 unspecified atom stereocenters. The SMILES string of the molecule is CCc1cccc(CNC[C@@H](O)[C@H](Cc2cc(F)cc(F)c2)NC(=O)c2ccoc2)c1. The van der Waals surface area contributed by atoms with Crippen molar-refractivity contribution >= 4 is 5.91 Å². The molecule has 0 radical (unpaired) electrons. The molecule has 5 nitrogen and oxygen atoms in total. The summed E-state index contributed by atoms with van der Waals surface area (Å²) in [6.07, 6.45) is 2.67. The van der Waals surface area contributed by atoms with Crippen molar-refractivity contribution in [3.8, 4) is 0 Å². The number of furan rings is 1. The van der Waals surface area contributed by atoms with Crippen LogP contribution in [-0.4, -0.2) is 29.7 Å². The highest BCUT2D eigenvalue weighted by molar-refractivity contribution is 5.94. The number of amides is 1. The molecule has 0 aliphatic carbocycles. The van der Waals surface area contributed by atoms with Gasteiger partial charge in [-0.05, 0) is 47.7 Å². The number of carbonyl (C=O) groups excluding carboxylic acids is 1. The quantitative estimate of drug-likeness (QED) is 0.461. The number of hydrogen-bond donors (Lipinski definition) is 3. The summed E-state index contributed by atoms with van der Waals surface area (Å²) >= 11 is 0. The predicted molar refractivity (Wildman–Crippen MR) is 114 cm³/mol. The summed E-state index contributed by atoms with van der Waals surface area (Å²) in [6, 6.07) is 12.0. The Hall–Kier alpha value is -3.03. The standard InChI is InChI=1S/C24H26F2N2O3/c1-2-16-4-3-5-17(8-16)13-27-14-23(29)22(28-24(30)19-6-7-31-15-19)11-18-9-20(25)12-21(26)10-18/h3-10,12,15,22-23,27,29H,2,11,13-14H2,1H3,(H,28,30)/t22-,23+/m0/s1. The third-order valence-electron chi connectivity index (χ3n) is 5.02. The van der Waals surface area contributed by atoms with Gasteiger partial charge in [-0.25, -0.2) is 8.78 Å². The maximum atomic E-state index is 13.6. The molecule has 0 spiro atoms. The highest BCUT2D eigenvalue weighted by Crippen LogP contribution is 2.13. The summed E-state index contributed by atoms with van der Waals surface area (Å²) in [4.78, 5) is 12.5. The van der Waals surface area contributed by atoms with Gasteiger partial charge in [-0.2, -0.15) is 0 Å². The maximum absolute atomic E-state index is 13.6. The van der Waals surface area contributed by atoms with Crippen LogP contribution < -0.4 is 10.6 Å². The van der Waals surface area contributed by atoms with Crippen molar-refractivity contribution in [2.75, 3.05) is 6.54 Å². The van der Waals surface area contributed by atoms with Crippen molar-refractivity contribution in [3.05, 3.63) is 94.9 Å². The third kappa shape index (κ3) is 6.73. The molecule has 0 saturated carbocycles. The molecule has 1 amide bonds. The predicted octanol–water partition coefficient (Wildman–Crippen LogP) is 3.61. The van der Waals surface area contributed by atoms with E-state index in [1.165, 1.54) is 36.3 Å². The van der Waals surface area contributed by atoms with E-state index < -0.39 is 29.7 Å². The van der Waals surface area contributed by atoms with Gasteiger partial charge in [0.2, 0.25) is 0 Å². The highest BCUT2D eigenvalue weighted by atomic mass is 19.1. The van der Waals surface area contributed by atoms with Gasteiger partial charge in [0.05, 0.1) is 24.0 Å². The summed E-state index contributed by atoms with van der Waals surface area (Å²) < 4.78 is 32.1. The molecule has 164 valence electrons. The topological polar surface area (TPSA) is 74.5 Å². The molecule has 3 rings (SSSR count). The Morgan fingerprint density at radius 3 is 2.48 bits per heavy atom. The van der Waals surface area contributed by atoms with Crippen LogP contribution in [0.4, 0.5) is 8.78 Å². The summed E-state index contributed by atoms with van der Waals surface area (Å²) in [6.45, 7) is 2.81. The lowest BCUT2D eigenvalue weighted by atomic mass is 10.00. The van der Waals surface area contributed by atoms with Gasteiger partial charge in [0, 0.05) is 19.2 Å². The Balaban J connectivity index is 1.67. The molecule has 1 aromatic heterocycles. The fraction of sp³-hybridized carbons (Fsp3) is 0.292. The lowest BCUT2D eigenvalue weighted by molar-refractivity contribution is 0.0829. The minimum Gasteiger partial charge on any atom is -0.472 e. The number of aliphatic hydroxyl groups excluding tert-OH is 1. The molecule has 3 N–H and O–H groups in total. The van der Waals surface area contributed by atoms with Crippen molar-refractivity contribution in [1.29, 1.82) is 0 Å². The van der Waals surface area contributed by atoms with Crippen LogP contribution in [0.2, 0.25) is 0 Å². The second-order valence-corrected chi connectivity index (χ2v) is 7.45. The Bertz CT molecular complexity index is 972. The first-order valence-electron chi connectivity index (χ1n) is 10.2. The average Bonchev–Trinajstić information content (AvgIpc) is 3.28. The number of hydrogen-bond acceptors (Lipinski definition) is 4. The fourth-order valence-electron chi connectivity index (χ4n) is 3.38. The fourth-order valence-corrected chi connectivity index (χ4v) is 3.38. The van der Waals surface area contributed by atoms with Crippen molar-refractivity contribution < 1.29 is 23.1 Å². The zero-order chi connectivity index (χ0) is 22.2. The zero-order valence-corrected chi connectivity index (χ0v) is 17.3. The second-order valence-electron chi connectivity index (χ2n) is 7.45. The molecule has 3 aromatic rings. The number of benzene rings is 2. The highest BCUT2D eigenvalue weighted by Gasteiger charge is 2.23. The van der Waals surface area contributed by atoms with Gasteiger partial charge in [-0.15, -0.1) is 0 Å². The summed E-state index contributed by atoms with van der Waals surface area (Å²) in [5.74, 6) is -1.86. The second kappa shape index (κ2) is 10.8. The Morgan fingerprint density at radius 1 is 1.06 bits per heavy atom. The van der Waals surface area contributed by atoms with Crippen molar-refractivity contribution in [1.82, 2.24) is 10.6 Å². The Labute approximate surface area is 180 Å². The smallest absolute Gasteiger partial charge is 0.254 e. The summed E-state index contributed by atoms with van der Waals surface area (Å²) in [7, 11) is 0. The van der Waals surface area contributed by atoms with E-state index in [9.17, 15) is 18.7 Å². The van der Waals surface area contributed by atoms with E-state index in [2.05, 4.69) is 29.7 Å². The molecule has 0 fully saturated rings. The van der Waals surface area contributed by atoms with Crippen molar-refractivity contribution in [3.63, 3.8) is 0 Å². The van der Waals surface area contributed by atoms with Gasteiger partial charge in [0.25, 0.3) is 5.91 Å². The number of aryl methyl sites for hydroxylation is 1. The van der Waals surface area contributed by atoms with Crippen LogP contribution in [0.3, 0.4) is 0 Å². The van der Waals surface area contributed by atoms with Crippen LogP contribution >= 0.6 is 0 Å². The first kappa shape index (κ1) is 22.7. The number of aliphatic hydroxyl groups is 1. The monoisotopic (exact) mass is 428 g/mol. The normalized spacial score (nSPS) is 13.0. The van der Waals surface area contributed by atoms with Gasteiger partial charge in [-0.3, -0.25) is 4.79 Å². The van der Waals surface area contributed by atoms with Crippen LogP contribution in [0.15, 0.2) is 65.5 Å². The van der Waals surface area contributed by atoms with Crippen molar-refractivity contribution in [2.24, 2.45) is 0 Å². The van der Waals surface area contributed by atoms with Gasteiger partial charge in [0.15, 0.2) is 0 Å². The number of halogens is 2. The van der Waals surface area contributed by atoms with Gasteiger partial charge in [0.1, 0.15) is 17.9 Å². The molecule has 0 aliphatic rings. The van der Waals surface area contributed by atoms with Gasteiger partial charge < -0.3 is 20.2 Å². The molecule has 1 heterocycles. The number of nitrogens with one attached hydrogen (secondary N) is 2.